The maximum absolute atomic E-state index is 9.66. The molecule has 1 aliphatic heterocycles. The lowest BCUT2D eigenvalue weighted by atomic mass is 9.89. The second-order valence-electron chi connectivity index (χ2n) is 3.35. The minimum absolute atomic E-state index is 0.101. The van der Waals surface area contributed by atoms with E-state index >= 15 is 0 Å². The molecule has 1 aliphatic rings. The van der Waals surface area contributed by atoms with Crippen LogP contribution in [0.2, 0.25) is 0 Å². The molecule has 0 aromatic rings. The summed E-state index contributed by atoms with van der Waals surface area (Å²) in [7, 11) is 0. The summed E-state index contributed by atoms with van der Waals surface area (Å²) in [5, 5.41) is 9.66. The molecule has 0 bridgehead atoms. The van der Waals surface area contributed by atoms with Gasteiger partial charge >= 0.3 is 0 Å². The van der Waals surface area contributed by atoms with Gasteiger partial charge in [-0.2, -0.15) is 0 Å². The molecule has 3 N–H and O–H groups in total. The Hall–Kier alpha value is -0.120. The first-order valence-electron chi connectivity index (χ1n) is 4.25. The van der Waals surface area contributed by atoms with Gasteiger partial charge in [0.1, 0.15) is 5.60 Å². The minimum Gasteiger partial charge on any atom is -0.383 e. The van der Waals surface area contributed by atoms with E-state index in [-0.39, 0.29) is 6.04 Å². The highest BCUT2D eigenvalue weighted by Gasteiger charge is 2.41. The first-order valence-corrected chi connectivity index (χ1v) is 4.25. The molecule has 1 rings (SSSR count). The van der Waals surface area contributed by atoms with Crippen LogP contribution < -0.4 is 5.73 Å². The van der Waals surface area contributed by atoms with Crippen LogP contribution in [0.5, 0.6) is 0 Å². The molecule has 3 nitrogen and oxygen atoms in total. The third-order valence-corrected chi connectivity index (χ3v) is 2.26. The van der Waals surface area contributed by atoms with Crippen molar-refractivity contribution in [3.05, 3.63) is 0 Å². The maximum atomic E-state index is 9.66. The Morgan fingerprint density at radius 3 is 2.64 bits per heavy atom. The maximum Gasteiger partial charge on any atom is 0.126 e. The van der Waals surface area contributed by atoms with Crippen molar-refractivity contribution in [2.75, 3.05) is 13.2 Å². The van der Waals surface area contributed by atoms with Gasteiger partial charge in [0, 0.05) is 6.04 Å². The zero-order valence-corrected chi connectivity index (χ0v) is 7.05. The topological polar surface area (TPSA) is 55.5 Å². The Labute approximate surface area is 67.5 Å². The number of hydrogen-bond acceptors (Lipinski definition) is 3. The van der Waals surface area contributed by atoms with Crippen molar-refractivity contribution in [2.45, 2.75) is 37.8 Å². The quantitative estimate of drug-likeness (QED) is 0.619. The standard InChI is InChI=1S/C8H17NO2/c1-2-3-4-7(9)8(10)5-11-6-8/h7,10H,2-6,9H2,1H3. The van der Waals surface area contributed by atoms with Crippen molar-refractivity contribution in [3.63, 3.8) is 0 Å². The summed E-state index contributed by atoms with van der Waals surface area (Å²) in [6.07, 6.45) is 3.12. The van der Waals surface area contributed by atoms with Crippen LogP contribution in [0.4, 0.5) is 0 Å². The Bertz CT molecular complexity index is 123. The van der Waals surface area contributed by atoms with E-state index in [1.807, 2.05) is 0 Å². The lowest BCUT2D eigenvalue weighted by molar-refractivity contribution is -0.190. The lowest BCUT2D eigenvalue weighted by Crippen LogP contribution is -2.61. The van der Waals surface area contributed by atoms with Gasteiger partial charge in [0.25, 0.3) is 0 Å². The molecule has 1 fully saturated rings. The van der Waals surface area contributed by atoms with Crippen LogP contribution in [0.15, 0.2) is 0 Å². The van der Waals surface area contributed by atoms with Gasteiger partial charge < -0.3 is 15.6 Å². The van der Waals surface area contributed by atoms with Crippen molar-refractivity contribution in [3.8, 4) is 0 Å². The monoisotopic (exact) mass is 159 g/mol. The van der Waals surface area contributed by atoms with Crippen LogP contribution in [0.3, 0.4) is 0 Å². The molecule has 0 amide bonds. The van der Waals surface area contributed by atoms with Crippen LogP contribution in [-0.2, 0) is 4.74 Å². The highest BCUT2D eigenvalue weighted by Crippen LogP contribution is 2.22. The molecule has 0 aromatic carbocycles. The van der Waals surface area contributed by atoms with E-state index in [0.29, 0.717) is 13.2 Å². The summed E-state index contributed by atoms with van der Waals surface area (Å²) in [4.78, 5) is 0. The van der Waals surface area contributed by atoms with Crippen molar-refractivity contribution in [1.29, 1.82) is 0 Å². The molecule has 66 valence electrons. The van der Waals surface area contributed by atoms with Crippen LogP contribution >= 0.6 is 0 Å². The molecule has 3 heteroatoms. The van der Waals surface area contributed by atoms with E-state index in [1.165, 1.54) is 0 Å². The van der Waals surface area contributed by atoms with Crippen molar-refractivity contribution in [2.24, 2.45) is 5.73 Å². The van der Waals surface area contributed by atoms with E-state index in [0.717, 1.165) is 19.3 Å². The molecule has 0 aliphatic carbocycles. The van der Waals surface area contributed by atoms with Crippen molar-refractivity contribution in [1.82, 2.24) is 0 Å². The van der Waals surface area contributed by atoms with Gasteiger partial charge in [-0.25, -0.2) is 0 Å². The summed E-state index contributed by atoms with van der Waals surface area (Å²) in [5.41, 5.74) is 5.06. The van der Waals surface area contributed by atoms with Crippen molar-refractivity contribution < 1.29 is 9.84 Å². The van der Waals surface area contributed by atoms with Gasteiger partial charge in [0.05, 0.1) is 13.2 Å². The molecule has 0 saturated carbocycles. The van der Waals surface area contributed by atoms with Gasteiger partial charge in [-0.05, 0) is 6.42 Å². The van der Waals surface area contributed by atoms with E-state index < -0.39 is 5.60 Å². The predicted octanol–water partition coefficient (Wildman–Crippen LogP) is 0.265. The molecular formula is C8H17NO2. The average molecular weight is 159 g/mol. The number of ether oxygens (including phenoxy) is 1. The van der Waals surface area contributed by atoms with Crippen LogP contribution in [0.1, 0.15) is 26.2 Å². The summed E-state index contributed by atoms with van der Waals surface area (Å²) in [5.74, 6) is 0. The van der Waals surface area contributed by atoms with E-state index in [1.54, 1.807) is 0 Å². The van der Waals surface area contributed by atoms with E-state index in [4.69, 9.17) is 10.5 Å². The third-order valence-electron chi connectivity index (χ3n) is 2.26. The molecule has 1 saturated heterocycles. The fraction of sp³-hybridized carbons (Fsp3) is 1.00. The zero-order valence-electron chi connectivity index (χ0n) is 7.05. The molecule has 11 heavy (non-hydrogen) atoms. The first kappa shape index (κ1) is 8.97. The predicted molar refractivity (Wildman–Crippen MR) is 43.3 cm³/mol. The SMILES string of the molecule is CCCCC(N)C1(O)COC1. The molecule has 0 aromatic heterocycles. The zero-order chi connectivity index (χ0) is 8.32. The van der Waals surface area contributed by atoms with Crippen LogP contribution in [0.25, 0.3) is 0 Å². The summed E-state index contributed by atoms with van der Waals surface area (Å²) in [6.45, 7) is 2.95. The highest BCUT2D eigenvalue weighted by molar-refractivity contribution is 4.94. The number of aliphatic hydroxyl groups is 1. The number of unbranched alkanes of at least 4 members (excludes halogenated alkanes) is 1. The summed E-state index contributed by atoms with van der Waals surface area (Å²) >= 11 is 0. The van der Waals surface area contributed by atoms with E-state index in [2.05, 4.69) is 6.92 Å². The van der Waals surface area contributed by atoms with Crippen molar-refractivity contribution >= 4 is 0 Å². The Kier molecular flexibility index (Phi) is 2.87. The number of hydrogen-bond donors (Lipinski definition) is 2. The van der Waals surface area contributed by atoms with Gasteiger partial charge in [-0.1, -0.05) is 19.8 Å². The Balaban J connectivity index is 2.22. The molecular weight excluding hydrogens is 142 g/mol. The molecule has 1 unspecified atom stereocenters. The van der Waals surface area contributed by atoms with Gasteiger partial charge in [0.2, 0.25) is 0 Å². The fourth-order valence-corrected chi connectivity index (χ4v) is 1.22. The average Bonchev–Trinajstić information content (AvgIpc) is 1.95. The molecule has 0 radical (unpaired) electrons. The lowest BCUT2D eigenvalue weighted by Gasteiger charge is -2.41. The molecule has 1 atom stereocenters. The molecule has 1 heterocycles. The minimum atomic E-state index is -0.713. The molecule has 0 spiro atoms. The van der Waals surface area contributed by atoms with Gasteiger partial charge in [-0.15, -0.1) is 0 Å². The fourth-order valence-electron chi connectivity index (χ4n) is 1.22. The Morgan fingerprint density at radius 1 is 1.64 bits per heavy atom. The van der Waals surface area contributed by atoms with Crippen LogP contribution in [0, 0.1) is 0 Å². The largest absolute Gasteiger partial charge is 0.383 e. The second kappa shape index (κ2) is 3.52. The Morgan fingerprint density at radius 2 is 2.27 bits per heavy atom. The number of rotatable bonds is 4. The highest BCUT2D eigenvalue weighted by atomic mass is 16.5. The van der Waals surface area contributed by atoms with Gasteiger partial charge in [0.15, 0.2) is 0 Å². The summed E-state index contributed by atoms with van der Waals surface area (Å²) < 4.78 is 4.91. The normalized spacial score (nSPS) is 24.3. The van der Waals surface area contributed by atoms with Crippen LogP contribution in [-0.4, -0.2) is 30.0 Å². The number of nitrogens with two attached hydrogens (primary N) is 1. The smallest absolute Gasteiger partial charge is 0.126 e. The third kappa shape index (κ3) is 1.92. The second-order valence-corrected chi connectivity index (χ2v) is 3.35. The van der Waals surface area contributed by atoms with Gasteiger partial charge in [-0.3, -0.25) is 0 Å². The van der Waals surface area contributed by atoms with E-state index in [9.17, 15) is 5.11 Å². The summed E-state index contributed by atoms with van der Waals surface area (Å²) in [6, 6.07) is -0.101. The first-order chi connectivity index (χ1) is 5.19.